The van der Waals surface area contributed by atoms with E-state index < -0.39 is 5.91 Å². The summed E-state index contributed by atoms with van der Waals surface area (Å²) >= 11 is 1.62. The van der Waals surface area contributed by atoms with E-state index in [1.807, 2.05) is 24.1 Å². The first kappa shape index (κ1) is 23.8. The van der Waals surface area contributed by atoms with Crippen molar-refractivity contribution in [3.05, 3.63) is 52.4 Å². The second-order valence-electron chi connectivity index (χ2n) is 8.05. The zero-order valence-electron chi connectivity index (χ0n) is 19.7. The number of pyridine rings is 1. The highest BCUT2D eigenvalue weighted by atomic mass is 32.1. The van der Waals surface area contributed by atoms with Crippen molar-refractivity contribution in [2.75, 3.05) is 50.3 Å². The minimum Gasteiger partial charge on any atom is -0.759 e. The van der Waals surface area contributed by atoms with Crippen LogP contribution in [-0.2, 0) is 11.3 Å². The van der Waals surface area contributed by atoms with Gasteiger partial charge in [-0.1, -0.05) is 0 Å². The zero-order valence-corrected chi connectivity index (χ0v) is 20.5. The molecule has 0 atom stereocenters. The summed E-state index contributed by atoms with van der Waals surface area (Å²) in [7, 11) is 3.43. The van der Waals surface area contributed by atoms with E-state index in [4.69, 9.17) is 19.4 Å². The normalized spacial score (nSPS) is 13.6. The molecule has 1 aliphatic heterocycles. The van der Waals surface area contributed by atoms with Crippen LogP contribution < -0.4 is 20.0 Å². The number of ether oxygens (including phenoxy) is 2. The first-order chi connectivity index (χ1) is 17.6. The fourth-order valence-electron chi connectivity index (χ4n) is 3.79. The van der Waals surface area contributed by atoms with Crippen molar-refractivity contribution in [3.63, 3.8) is 0 Å². The molecule has 12 nitrogen and oxygen atoms in total. The molecule has 36 heavy (non-hydrogen) atoms. The molecular formula is C23H23N8O4S-. The molecular weight excluding hydrogens is 484 g/mol. The Bertz CT molecular complexity index is 1360. The van der Waals surface area contributed by atoms with Gasteiger partial charge in [-0.2, -0.15) is 0 Å². The molecule has 4 aromatic heterocycles. The molecule has 1 aliphatic rings. The van der Waals surface area contributed by atoms with Gasteiger partial charge < -0.3 is 30.0 Å². The SMILES string of the molecule is COc1ccc(-c2nc(N3CCOCC3)c3sc(CN(C)c4ncc(C(=O)N[O-])cn4)cc3n2)cn1. The van der Waals surface area contributed by atoms with Gasteiger partial charge in [-0.15, -0.1) is 11.3 Å². The maximum atomic E-state index is 11.5. The number of amides is 1. The van der Waals surface area contributed by atoms with Crippen LogP contribution in [0.5, 0.6) is 5.88 Å². The van der Waals surface area contributed by atoms with Crippen LogP contribution in [0, 0.1) is 5.21 Å². The Labute approximate surface area is 210 Å². The average molecular weight is 508 g/mol. The fraction of sp³-hybridized carbons (Fsp3) is 0.304. The predicted octanol–water partition coefficient (Wildman–Crippen LogP) is 2.25. The van der Waals surface area contributed by atoms with E-state index in [-0.39, 0.29) is 5.56 Å². The number of carbonyl (C=O) groups excluding carboxylic acids is 1. The molecule has 0 aromatic carbocycles. The highest BCUT2D eigenvalue weighted by molar-refractivity contribution is 7.19. The van der Waals surface area contributed by atoms with E-state index in [1.54, 1.807) is 30.7 Å². The Balaban J connectivity index is 1.47. The first-order valence-corrected chi connectivity index (χ1v) is 12.0. The van der Waals surface area contributed by atoms with E-state index in [0.717, 1.165) is 39.6 Å². The van der Waals surface area contributed by atoms with Gasteiger partial charge in [0, 0.05) is 55.2 Å². The van der Waals surface area contributed by atoms with Gasteiger partial charge in [0.2, 0.25) is 17.7 Å². The second kappa shape index (κ2) is 10.4. The molecule has 0 aliphatic carbocycles. The van der Waals surface area contributed by atoms with E-state index in [2.05, 4.69) is 19.9 Å². The lowest BCUT2D eigenvalue weighted by atomic mass is 10.2. The number of carbonyl (C=O) groups is 1. The van der Waals surface area contributed by atoms with E-state index >= 15 is 0 Å². The number of thiophene rings is 1. The van der Waals surface area contributed by atoms with Crippen molar-refractivity contribution in [2.24, 2.45) is 0 Å². The summed E-state index contributed by atoms with van der Waals surface area (Å²) in [5.74, 6) is 1.65. The van der Waals surface area contributed by atoms with Gasteiger partial charge in [-0.05, 0) is 12.1 Å². The molecule has 0 radical (unpaired) electrons. The van der Waals surface area contributed by atoms with Crippen molar-refractivity contribution in [2.45, 2.75) is 6.54 Å². The van der Waals surface area contributed by atoms with Crippen molar-refractivity contribution in [1.82, 2.24) is 30.4 Å². The Morgan fingerprint density at radius 2 is 1.97 bits per heavy atom. The van der Waals surface area contributed by atoms with Gasteiger partial charge >= 0.3 is 0 Å². The number of anilines is 2. The Hall–Kier alpha value is -3.94. The van der Waals surface area contributed by atoms with Crippen LogP contribution in [0.15, 0.2) is 36.8 Å². The minimum absolute atomic E-state index is 0.106. The van der Waals surface area contributed by atoms with Gasteiger partial charge in [0.05, 0.1) is 42.6 Å². The van der Waals surface area contributed by atoms with Gasteiger partial charge in [0.15, 0.2) is 11.6 Å². The number of hydroxylamine groups is 1. The Morgan fingerprint density at radius 1 is 1.19 bits per heavy atom. The number of rotatable bonds is 7. The topological polar surface area (TPSA) is 142 Å². The van der Waals surface area contributed by atoms with E-state index in [0.29, 0.717) is 37.4 Å². The van der Waals surface area contributed by atoms with Crippen molar-refractivity contribution in [3.8, 4) is 17.3 Å². The third-order valence-electron chi connectivity index (χ3n) is 5.65. The van der Waals surface area contributed by atoms with Crippen molar-refractivity contribution >= 4 is 39.2 Å². The number of fused-ring (bicyclic) bond motifs is 1. The highest BCUT2D eigenvalue weighted by Gasteiger charge is 2.21. The van der Waals surface area contributed by atoms with Crippen molar-refractivity contribution < 1.29 is 14.3 Å². The molecule has 1 saturated heterocycles. The molecule has 13 heteroatoms. The molecule has 186 valence electrons. The summed E-state index contributed by atoms with van der Waals surface area (Å²) < 4.78 is 11.7. The summed E-state index contributed by atoms with van der Waals surface area (Å²) in [5.41, 5.74) is 3.07. The maximum absolute atomic E-state index is 11.5. The van der Waals surface area contributed by atoms with Crippen LogP contribution in [0.2, 0.25) is 0 Å². The molecule has 0 bridgehead atoms. The highest BCUT2D eigenvalue weighted by Crippen LogP contribution is 2.35. The summed E-state index contributed by atoms with van der Waals surface area (Å²) in [6.07, 6.45) is 4.36. The van der Waals surface area contributed by atoms with Crippen LogP contribution in [0.3, 0.4) is 0 Å². The van der Waals surface area contributed by atoms with E-state index in [9.17, 15) is 10.0 Å². The number of morpholine rings is 1. The Kier molecular flexibility index (Phi) is 6.84. The molecule has 1 amide bonds. The van der Waals surface area contributed by atoms with Crippen LogP contribution in [0.4, 0.5) is 11.8 Å². The van der Waals surface area contributed by atoms with Crippen LogP contribution in [0.25, 0.3) is 21.6 Å². The number of hydrogen-bond acceptors (Lipinski definition) is 12. The Morgan fingerprint density at radius 3 is 2.64 bits per heavy atom. The lowest BCUT2D eigenvalue weighted by molar-refractivity contribution is 0.0969. The van der Waals surface area contributed by atoms with Gasteiger partial charge in [-0.25, -0.2) is 24.9 Å². The molecule has 5 rings (SSSR count). The van der Waals surface area contributed by atoms with Gasteiger partial charge in [0.25, 0.3) is 0 Å². The standard InChI is InChI=1S/C23H23N8O4S/c1-30(23-25-11-15(12-26-23)22(32)29-33)13-16-9-17-19(36-16)21(31-5-7-35-8-6-31)28-20(27-17)14-3-4-18(34-2)24-10-14/h3-4,9-12H,5-8,13H2,1-2H3,(H-,29,32,33)/q-1. The van der Waals surface area contributed by atoms with Crippen LogP contribution in [-0.4, -0.2) is 71.3 Å². The molecule has 4 aromatic rings. The predicted molar refractivity (Wildman–Crippen MR) is 135 cm³/mol. The van der Waals surface area contributed by atoms with Gasteiger partial charge in [0.1, 0.15) is 0 Å². The molecule has 5 heterocycles. The molecule has 0 spiro atoms. The lowest BCUT2D eigenvalue weighted by Crippen LogP contribution is -2.36. The summed E-state index contributed by atoms with van der Waals surface area (Å²) in [6, 6.07) is 5.73. The first-order valence-electron chi connectivity index (χ1n) is 11.1. The smallest absolute Gasteiger partial charge is 0.243 e. The molecule has 0 unspecified atom stereocenters. The molecule has 1 N–H and O–H groups in total. The zero-order chi connectivity index (χ0) is 25.1. The lowest BCUT2D eigenvalue weighted by Gasteiger charge is -2.28. The summed E-state index contributed by atoms with van der Waals surface area (Å²) in [5, 5.41) is 10.6. The number of nitrogens with zero attached hydrogens (tertiary/aromatic N) is 7. The quantitative estimate of drug-likeness (QED) is 0.368. The molecule has 0 saturated carbocycles. The van der Waals surface area contributed by atoms with Crippen LogP contribution >= 0.6 is 11.3 Å². The summed E-state index contributed by atoms with van der Waals surface area (Å²) in [4.78, 5) is 39.1. The number of aromatic nitrogens is 5. The summed E-state index contributed by atoms with van der Waals surface area (Å²) in [6.45, 7) is 3.30. The van der Waals surface area contributed by atoms with Gasteiger partial charge in [-0.3, -0.25) is 4.79 Å². The maximum Gasteiger partial charge on any atom is 0.243 e. The number of methoxy groups -OCH3 is 1. The minimum atomic E-state index is -0.772. The van der Waals surface area contributed by atoms with Crippen LogP contribution in [0.1, 0.15) is 15.2 Å². The third kappa shape index (κ3) is 4.89. The van der Waals surface area contributed by atoms with E-state index in [1.165, 1.54) is 17.9 Å². The molecule has 1 fully saturated rings. The average Bonchev–Trinajstić information content (AvgIpc) is 3.35. The third-order valence-corrected chi connectivity index (χ3v) is 6.75. The monoisotopic (exact) mass is 507 g/mol. The van der Waals surface area contributed by atoms with Crippen molar-refractivity contribution in [1.29, 1.82) is 0 Å². The fourth-order valence-corrected chi connectivity index (χ4v) is 4.96. The number of nitrogens with one attached hydrogen (secondary N) is 1. The second-order valence-corrected chi connectivity index (χ2v) is 9.18. The largest absolute Gasteiger partial charge is 0.759 e. The number of hydrogen-bond donors (Lipinski definition) is 1.